The van der Waals surface area contributed by atoms with Gasteiger partial charge in [-0.25, -0.2) is 4.79 Å². The molecular weight excluding hydrogens is 270 g/mol. The highest BCUT2D eigenvalue weighted by Crippen LogP contribution is 2.13. The molecule has 2 N–H and O–H groups in total. The lowest BCUT2D eigenvalue weighted by molar-refractivity contribution is -0.150. The highest BCUT2D eigenvalue weighted by molar-refractivity contribution is 5.85. The lowest BCUT2D eigenvalue weighted by atomic mass is 10.1. The Balaban J connectivity index is 2.66. The van der Waals surface area contributed by atoms with Crippen LogP contribution in [0, 0.1) is 0 Å². The number of nitrogens with one attached hydrogen (secondary N) is 1. The molecule has 1 rings (SSSR count). The number of carbonyl (C=O) groups excluding carboxylic acids is 1. The number of carboxylic acid groups (broad SMARTS) is 1. The van der Waals surface area contributed by atoms with Gasteiger partial charge in [0.25, 0.3) is 0 Å². The van der Waals surface area contributed by atoms with Gasteiger partial charge in [0.15, 0.2) is 6.04 Å². The fraction of sp³-hybridized carbons (Fsp3) is 0.500. The van der Waals surface area contributed by atoms with Crippen molar-refractivity contribution in [3.63, 3.8) is 0 Å². The summed E-state index contributed by atoms with van der Waals surface area (Å²) < 4.78 is 5.62. The van der Waals surface area contributed by atoms with Crippen LogP contribution < -0.4 is 5.32 Å². The quantitative estimate of drug-likeness (QED) is 0.841. The average molecular weight is 293 g/mol. The summed E-state index contributed by atoms with van der Waals surface area (Å²) in [4.78, 5) is 23.3. The van der Waals surface area contributed by atoms with Crippen LogP contribution in [0.4, 0.5) is 0 Å². The maximum Gasteiger partial charge on any atom is 0.328 e. The molecule has 0 aliphatic carbocycles. The minimum absolute atomic E-state index is 0.146. The van der Waals surface area contributed by atoms with Gasteiger partial charge in [0.05, 0.1) is 18.1 Å². The third-order valence-corrected chi connectivity index (χ3v) is 2.80. The molecule has 0 aliphatic rings. The van der Waals surface area contributed by atoms with E-state index >= 15 is 0 Å². The number of amides is 1. The summed E-state index contributed by atoms with van der Waals surface area (Å²) in [6.45, 7) is 7.17. The zero-order chi connectivity index (χ0) is 16.0. The molecule has 0 saturated carbocycles. The minimum Gasteiger partial charge on any atom is -0.480 e. The molecule has 0 fully saturated rings. The molecule has 0 saturated heterocycles. The Morgan fingerprint density at radius 1 is 1.24 bits per heavy atom. The van der Waals surface area contributed by atoms with Crippen molar-refractivity contribution in [3.8, 4) is 0 Å². The van der Waals surface area contributed by atoms with Crippen LogP contribution >= 0.6 is 0 Å². The number of ether oxygens (including phenoxy) is 1. The van der Waals surface area contributed by atoms with Crippen LogP contribution in [0.3, 0.4) is 0 Å². The summed E-state index contributed by atoms with van der Waals surface area (Å²) >= 11 is 0. The molecule has 1 amide bonds. The molecule has 116 valence electrons. The van der Waals surface area contributed by atoms with E-state index in [0.29, 0.717) is 0 Å². The van der Waals surface area contributed by atoms with Gasteiger partial charge >= 0.3 is 5.97 Å². The Labute approximate surface area is 125 Å². The molecule has 0 aliphatic heterocycles. The van der Waals surface area contributed by atoms with Gasteiger partial charge in [-0.2, -0.15) is 0 Å². The maximum atomic E-state index is 12.0. The van der Waals surface area contributed by atoms with E-state index in [2.05, 4.69) is 5.32 Å². The van der Waals surface area contributed by atoms with Crippen molar-refractivity contribution in [1.82, 2.24) is 5.32 Å². The van der Waals surface area contributed by atoms with E-state index < -0.39 is 23.7 Å². The summed E-state index contributed by atoms with van der Waals surface area (Å²) in [6.07, 6.45) is -0.477. The maximum absolute atomic E-state index is 12.0. The predicted molar refractivity (Wildman–Crippen MR) is 80.0 cm³/mol. The van der Waals surface area contributed by atoms with E-state index in [4.69, 9.17) is 4.74 Å². The van der Waals surface area contributed by atoms with E-state index in [1.807, 2.05) is 51.1 Å². The molecule has 1 aromatic rings. The Morgan fingerprint density at radius 3 is 2.29 bits per heavy atom. The van der Waals surface area contributed by atoms with Gasteiger partial charge in [0.2, 0.25) is 5.91 Å². The van der Waals surface area contributed by atoms with Gasteiger partial charge in [-0.05, 0) is 33.3 Å². The van der Waals surface area contributed by atoms with Gasteiger partial charge in [-0.3, -0.25) is 4.79 Å². The van der Waals surface area contributed by atoms with Crippen LogP contribution in [0.15, 0.2) is 30.3 Å². The van der Waals surface area contributed by atoms with Crippen LogP contribution in [0.2, 0.25) is 0 Å². The second-order valence-electron chi connectivity index (χ2n) is 5.98. The Bertz CT molecular complexity index is 479. The number of aliphatic carboxylic acids is 1. The van der Waals surface area contributed by atoms with Crippen molar-refractivity contribution in [3.05, 3.63) is 35.9 Å². The van der Waals surface area contributed by atoms with E-state index in [1.165, 1.54) is 0 Å². The van der Waals surface area contributed by atoms with Crippen molar-refractivity contribution in [2.75, 3.05) is 0 Å². The molecular formula is C16H23NO4. The fourth-order valence-electron chi connectivity index (χ4n) is 2.01. The van der Waals surface area contributed by atoms with E-state index in [1.54, 1.807) is 6.92 Å². The highest BCUT2D eigenvalue weighted by atomic mass is 16.5. The van der Waals surface area contributed by atoms with Gasteiger partial charge in [0, 0.05) is 0 Å². The van der Waals surface area contributed by atoms with E-state index in [9.17, 15) is 14.7 Å². The van der Waals surface area contributed by atoms with E-state index in [0.717, 1.165) is 5.56 Å². The van der Waals surface area contributed by atoms with Gasteiger partial charge in [0.1, 0.15) is 0 Å². The third-order valence-electron chi connectivity index (χ3n) is 2.80. The number of carbonyl (C=O) groups is 2. The van der Waals surface area contributed by atoms with Crippen molar-refractivity contribution in [2.45, 2.75) is 51.9 Å². The molecule has 21 heavy (non-hydrogen) atoms. The van der Waals surface area contributed by atoms with Crippen molar-refractivity contribution >= 4 is 11.9 Å². The summed E-state index contributed by atoms with van der Waals surface area (Å²) in [5, 5.41) is 11.8. The van der Waals surface area contributed by atoms with Gasteiger partial charge in [-0.1, -0.05) is 30.3 Å². The largest absolute Gasteiger partial charge is 0.480 e. The van der Waals surface area contributed by atoms with E-state index in [-0.39, 0.29) is 12.3 Å². The SMILES string of the molecule is C[C@H](OC(C)(C)C)[C@H](NC(=O)Cc1ccccc1)C(=O)O. The second-order valence-corrected chi connectivity index (χ2v) is 5.98. The normalized spacial score (nSPS) is 14.3. The minimum atomic E-state index is -1.10. The van der Waals surface area contributed by atoms with Gasteiger partial charge in [-0.15, -0.1) is 0 Å². The second kappa shape index (κ2) is 7.22. The lowest BCUT2D eigenvalue weighted by Crippen LogP contribution is -2.50. The first-order valence-electron chi connectivity index (χ1n) is 6.93. The Morgan fingerprint density at radius 2 is 1.81 bits per heavy atom. The third kappa shape index (κ3) is 6.40. The molecule has 1 aromatic carbocycles. The average Bonchev–Trinajstić information content (AvgIpc) is 2.34. The van der Waals surface area contributed by atoms with Gasteiger partial charge < -0.3 is 15.2 Å². The Hall–Kier alpha value is -1.88. The summed E-state index contributed by atoms with van der Waals surface area (Å²) in [5.74, 6) is -1.44. The molecule has 2 atom stereocenters. The first-order valence-corrected chi connectivity index (χ1v) is 6.93. The molecule has 0 spiro atoms. The molecule has 5 nitrogen and oxygen atoms in total. The predicted octanol–water partition coefficient (Wildman–Crippen LogP) is 2.00. The smallest absolute Gasteiger partial charge is 0.328 e. The van der Waals surface area contributed by atoms with Crippen LogP contribution in [-0.2, 0) is 20.7 Å². The van der Waals surface area contributed by atoms with Crippen molar-refractivity contribution in [2.24, 2.45) is 0 Å². The number of hydrogen-bond donors (Lipinski definition) is 2. The molecule has 0 heterocycles. The highest BCUT2D eigenvalue weighted by Gasteiger charge is 2.30. The monoisotopic (exact) mass is 293 g/mol. The number of rotatable bonds is 6. The lowest BCUT2D eigenvalue weighted by Gasteiger charge is -2.29. The first-order chi connectivity index (χ1) is 9.69. The van der Waals surface area contributed by atoms with Crippen LogP contribution in [-0.4, -0.2) is 34.7 Å². The number of carboxylic acids is 1. The van der Waals surface area contributed by atoms with Crippen LogP contribution in [0.5, 0.6) is 0 Å². The Kier molecular flexibility index (Phi) is 5.90. The van der Waals surface area contributed by atoms with Crippen LogP contribution in [0.25, 0.3) is 0 Å². The molecule has 5 heteroatoms. The zero-order valence-electron chi connectivity index (χ0n) is 12.9. The molecule has 0 bridgehead atoms. The standard InChI is InChI=1S/C16H23NO4/c1-11(21-16(2,3)4)14(15(19)20)17-13(18)10-12-8-6-5-7-9-12/h5-9,11,14H,10H2,1-4H3,(H,17,18)(H,19,20)/t11-,14-/m0/s1. The molecule has 0 radical (unpaired) electrons. The number of benzene rings is 1. The van der Waals surface area contributed by atoms with Crippen molar-refractivity contribution in [1.29, 1.82) is 0 Å². The molecule has 0 aromatic heterocycles. The fourth-order valence-corrected chi connectivity index (χ4v) is 2.01. The molecule has 0 unspecified atom stereocenters. The van der Waals surface area contributed by atoms with Crippen LogP contribution in [0.1, 0.15) is 33.3 Å². The summed E-state index contributed by atoms with van der Waals surface area (Å²) in [6, 6.07) is 8.11. The topological polar surface area (TPSA) is 75.6 Å². The zero-order valence-corrected chi connectivity index (χ0v) is 12.9. The first kappa shape index (κ1) is 17.2. The summed E-state index contributed by atoms with van der Waals surface area (Å²) in [5.41, 5.74) is 0.362. The number of hydrogen-bond acceptors (Lipinski definition) is 3. The van der Waals surface area contributed by atoms with Crippen molar-refractivity contribution < 1.29 is 19.4 Å². The summed E-state index contributed by atoms with van der Waals surface area (Å²) in [7, 11) is 0.